The van der Waals surface area contributed by atoms with Gasteiger partial charge in [0.2, 0.25) is 5.91 Å². The molecule has 0 aromatic carbocycles. The van der Waals surface area contributed by atoms with Crippen molar-refractivity contribution in [3.8, 4) is 0 Å². The molecule has 5 nitrogen and oxygen atoms in total. The van der Waals surface area contributed by atoms with Gasteiger partial charge in [-0.1, -0.05) is 13.8 Å². The molecule has 0 saturated heterocycles. The van der Waals surface area contributed by atoms with Gasteiger partial charge in [-0.3, -0.25) is 4.79 Å². The number of hydrogen-bond acceptors (Lipinski definition) is 4. The maximum Gasteiger partial charge on any atom is 0.217 e. The van der Waals surface area contributed by atoms with Crippen LogP contribution in [0.25, 0.3) is 0 Å². The number of carbonyl (C=O) groups excluding carboxylic acids is 1. The van der Waals surface area contributed by atoms with Crippen molar-refractivity contribution in [1.82, 2.24) is 5.32 Å². The molecule has 0 aromatic heterocycles. The highest BCUT2D eigenvalue weighted by Crippen LogP contribution is 2.02. The number of carbonyl (C=O) groups is 1. The van der Waals surface area contributed by atoms with Gasteiger partial charge in [-0.15, -0.1) is 0 Å². The van der Waals surface area contributed by atoms with Crippen molar-refractivity contribution in [3.05, 3.63) is 0 Å². The lowest BCUT2D eigenvalue weighted by Gasteiger charge is -2.21. The molecule has 0 rings (SSSR count). The van der Waals surface area contributed by atoms with Gasteiger partial charge in [0, 0.05) is 14.0 Å². The van der Waals surface area contributed by atoms with Crippen LogP contribution >= 0.6 is 0 Å². The minimum Gasteiger partial charge on any atom is -0.382 e. The molecule has 17 heavy (non-hydrogen) atoms. The van der Waals surface area contributed by atoms with Crippen molar-refractivity contribution in [3.63, 3.8) is 0 Å². The zero-order valence-corrected chi connectivity index (χ0v) is 11.3. The summed E-state index contributed by atoms with van der Waals surface area (Å²) in [5, 5.41) is 2.87. The first-order valence-electron chi connectivity index (χ1n) is 5.99. The molecule has 1 amide bonds. The van der Waals surface area contributed by atoms with E-state index in [4.69, 9.17) is 14.2 Å². The summed E-state index contributed by atoms with van der Waals surface area (Å²) in [5.74, 6) is 0.331. The third-order valence-corrected chi connectivity index (χ3v) is 2.29. The molecule has 0 saturated carbocycles. The number of hydrogen-bond donors (Lipinski definition) is 1. The number of nitrogens with one attached hydrogen (secondary N) is 1. The fourth-order valence-electron chi connectivity index (χ4n) is 1.23. The Morgan fingerprint density at radius 2 is 1.71 bits per heavy atom. The van der Waals surface area contributed by atoms with Gasteiger partial charge in [-0.2, -0.15) is 0 Å². The normalized spacial score (nSPS) is 12.8. The maximum absolute atomic E-state index is 11.0. The third-order valence-electron chi connectivity index (χ3n) is 2.29. The summed E-state index contributed by atoms with van der Waals surface area (Å²) < 4.78 is 15.6. The summed E-state index contributed by atoms with van der Waals surface area (Å²) >= 11 is 0. The molecule has 0 radical (unpaired) electrons. The van der Waals surface area contributed by atoms with Crippen molar-refractivity contribution in [2.24, 2.45) is 5.92 Å². The van der Waals surface area contributed by atoms with Gasteiger partial charge in [0.15, 0.2) is 0 Å². The highest BCUT2D eigenvalue weighted by Gasteiger charge is 2.14. The van der Waals surface area contributed by atoms with Crippen LogP contribution in [0, 0.1) is 5.92 Å². The molecule has 0 aliphatic carbocycles. The fourth-order valence-corrected chi connectivity index (χ4v) is 1.23. The molecule has 102 valence electrons. The molecular weight excluding hydrogens is 222 g/mol. The van der Waals surface area contributed by atoms with Crippen molar-refractivity contribution in [2.75, 3.05) is 40.1 Å². The fraction of sp³-hybridized carbons (Fsp3) is 0.917. The first kappa shape index (κ1) is 16.4. The Kier molecular flexibility index (Phi) is 10.1. The van der Waals surface area contributed by atoms with Crippen LogP contribution < -0.4 is 5.32 Å². The van der Waals surface area contributed by atoms with E-state index in [-0.39, 0.29) is 11.9 Å². The topological polar surface area (TPSA) is 56.8 Å². The second-order valence-electron chi connectivity index (χ2n) is 4.23. The summed E-state index contributed by atoms with van der Waals surface area (Å²) in [7, 11) is 1.64. The Morgan fingerprint density at radius 1 is 1.12 bits per heavy atom. The zero-order valence-electron chi connectivity index (χ0n) is 11.3. The van der Waals surface area contributed by atoms with Crippen LogP contribution in [0.4, 0.5) is 0 Å². The van der Waals surface area contributed by atoms with E-state index in [1.165, 1.54) is 6.92 Å². The molecule has 0 fully saturated rings. The van der Waals surface area contributed by atoms with Crippen LogP contribution in [0.1, 0.15) is 20.8 Å². The van der Waals surface area contributed by atoms with Crippen molar-refractivity contribution >= 4 is 5.91 Å². The maximum atomic E-state index is 11.0. The number of amides is 1. The van der Waals surface area contributed by atoms with E-state index >= 15 is 0 Å². The van der Waals surface area contributed by atoms with Crippen molar-refractivity contribution < 1.29 is 19.0 Å². The molecule has 0 heterocycles. The average molecular weight is 247 g/mol. The van der Waals surface area contributed by atoms with Crippen LogP contribution in [-0.2, 0) is 19.0 Å². The molecule has 1 N–H and O–H groups in total. The van der Waals surface area contributed by atoms with Crippen LogP contribution in [0.15, 0.2) is 0 Å². The predicted octanol–water partition coefficient (Wildman–Crippen LogP) is 0.827. The van der Waals surface area contributed by atoms with Gasteiger partial charge in [0.25, 0.3) is 0 Å². The van der Waals surface area contributed by atoms with Gasteiger partial charge in [-0.05, 0) is 5.92 Å². The monoisotopic (exact) mass is 247 g/mol. The summed E-state index contributed by atoms with van der Waals surface area (Å²) in [4.78, 5) is 11.0. The van der Waals surface area contributed by atoms with E-state index in [1.54, 1.807) is 7.11 Å². The largest absolute Gasteiger partial charge is 0.382 e. The highest BCUT2D eigenvalue weighted by molar-refractivity contribution is 5.73. The average Bonchev–Trinajstić information content (AvgIpc) is 2.25. The lowest BCUT2D eigenvalue weighted by Crippen LogP contribution is -2.40. The van der Waals surface area contributed by atoms with E-state index in [0.717, 1.165) is 0 Å². The first-order valence-corrected chi connectivity index (χ1v) is 5.99. The van der Waals surface area contributed by atoms with Crippen molar-refractivity contribution in [1.29, 1.82) is 0 Å². The van der Waals surface area contributed by atoms with Gasteiger partial charge < -0.3 is 19.5 Å². The second kappa shape index (κ2) is 10.5. The van der Waals surface area contributed by atoms with Gasteiger partial charge in [0.1, 0.15) is 0 Å². The molecule has 0 aliphatic heterocycles. The van der Waals surface area contributed by atoms with Crippen LogP contribution in [0.3, 0.4) is 0 Å². The Bertz CT molecular complexity index is 197. The molecule has 0 spiro atoms. The summed E-state index contributed by atoms with van der Waals surface area (Å²) in [6.07, 6.45) is 0. The Morgan fingerprint density at radius 3 is 2.24 bits per heavy atom. The summed E-state index contributed by atoms with van der Waals surface area (Å²) in [6.45, 7) is 8.41. The molecule has 5 heteroatoms. The standard InChI is InChI=1S/C12H25NO4/c1-10(2)12(13-11(3)14)9-17-8-7-16-6-5-15-4/h10,12H,5-9H2,1-4H3,(H,13,14). The molecule has 0 bridgehead atoms. The molecule has 1 unspecified atom stereocenters. The van der Waals surface area contributed by atoms with Gasteiger partial charge in [-0.25, -0.2) is 0 Å². The smallest absolute Gasteiger partial charge is 0.217 e. The molecule has 1 atom stereocenters. The van der Waals surface area contributed by atoms with Gasteiger partial charge in [0.05, 0.1) is 39.1 Å². The van der Waals surface area contributed by atoms with E-state index in [2.05, 4.69) is 19.2 Å². The quantitative estimate of drug-likeness (QED) is 0.581. The van der Waals surface area contributed by atoms with Crippen LogP contribution in [-0.4, -0.2) is 52.1 Å². The minimum atomic E-state index is -0.0244. The van der Waals surface area contributed by atoms with Crippen LogP contribution in [0.5, 0.6) is 0 Å². The third kappa shape index (κ3) is 10.2. The zero-order chi connectivity index (χ0) is 13.1. The van der Waals surface area contributed by atoms with E-state index < -0.39 is 0 Å². The van der Waals surface area contributed by atoms with Gasteiger partial charge >= 0.3 is 0 Å². The van der Waals surface area contributed by atoms with E-state index in [1.807, 2.05) is 0 Å². The SMILES string of the molecule is COCCOCCOCC(NC(C)=O)C(C)C. The summed E-state index contributed by atoms with van der Waals surface area (Å²) in [5.41, 5.74) is 0. The summed E-state index contributed by atoms with van der Waals surface area (Å²) in [6, 6.07) is 0.0616. The van der Waals surface area contributed by atoms with E-state index in [0.29, 0.717) is 39.0 Å². The lowest BCUT2D eigenvalue weighted by atomic mass is 10.1. The highest BCUT2D eigenvalue weighted by atomic mass is 16.5. The predicted molar refractivity (Wildman–Crippen MR) is 66.0 cm³/mol. The Balaban J connectivity index is 3.51. The number of ether oxygens (including phenoxy) is 3. The first-order chi connectivity index (χ1) is 8.07. The second-order valence-corrected chi connectivity index (χ2v) is 4.23. The molecule has 0 aliphatic rings. The van der Waals surface area contributed by atoms with E-state index in [9.17, 15) is 4.79 Å². The number of rotatable bonds is 10. The van der Waals surface area contributed by atoms with Crippen molar-refractivity contribution in [2.45, 2.75) is 26.8 Å². The minimum absolute atomic E-state index is 0.0244. The van der Waals surface area contributed by atoms with Crippen LogP contribution in [0.2, 0.25) is 0 Å². The number of methoxy groups -OCH3 is 1. The molecule has 0 aromatic rings. The Labute approximate surface area is 104 Å². The molecular formula is C12H25NO4. The Hall–Kier alpha value is -0.650. The lowest BCUT2D eigenvalue weighted by molar-refractivity contribution is -0.120.